The highest BCUT2D eigenvalue weighted by molar-refractivity contribution is 6.15. The largest absolute Gasteiger partial charge is 0.370 e. The van der Waals surface area contributed by atoms with Gasteiger partial charge in [-0.2, -0.15) is 0 Å². The van der Waals surface area contributed by atoms with Crippen molar-refractivity contribution >= 4 is 29.3 Å². The standard InChI is InChI=1S/C25H26N4O4/c1-13-10-14(2)21-16(11-13)25(24(33)27-21)20-19(17(28-25)12-18(26)30)22(31)29(23(20)32)9-8-15-6-4-3-5-7-15/h3-7,10-11,17,19-20,28H,8-9,12H2,1-2H3,(H2,26,30)(H,27,33)/t17?,19-,20+,25?/m1/s1. The van der Waals surface area contributed by atoms with E-state index >= 15 is 0 Å². The quantitative estimate of drug-likeness (QED) is 0.595. The van der Waals surface area contributed by atoms with Crippen LogP contribution in [0.3, 0.4) is 0 Å². The lowest BCUT2D eigenvalue weighted by Gasteiger charge is -2.29. The molecule has 8 heteroatoms. The van der Waals surface area contributed by atoms with Crippen LogP contribution in [0.15, 0.2) is 42.5 Å². The summed E-state index contributed by atoms with van der Waals surface area (Å²) < 4.78 is 0. The molecule has 4 N–H and O–H groups in total. The van der Waals surface area contributed by atoms with Gasteiger partial charge in [-0.25, -0.2) is 0 Å². The van der Waals surface area contributed by atoms with Crippen molar-refractivity contribution in [2.24, 2.45) is 17.6 Å². The number of carbonyl (C=O) groups is 4. The topological polar surface area (TPSA) is 122 Å². The first-order valence-electron chi connectivity index (χ1n) is 11.1. The van der Waals surface area contributed by atoms with Gasteiger partial charge in [0.25, 0.3) is 0 Å². The Labute approximate surface area is 191 Å². The van der Waals surface area contributed by atoms with Gasteiger partial charge >= 0.3 is 0 Å². The third-order valence-electron chi connectivity index (χ3n) is 7.14. The Balaban J connectivity index is 1.57. The summed E-state index contributed by atoms with van der Waals surface area (Å²) >= 11 is 0. The van der Waals surface area contributed by atoms with Crippen LogP contribution in [0, 0.1) is 25.7 Å². The number of hydrogen-bond acceptors (Lipinski definition) is 5. The van der Waals surface area contributed by atoms with Gasteiger partial charge < -0.3 is 11.1 Å². The molecule has 3 aliphatic heterocycles. The van der Waals surface area contributed by atoms with Crippen LogP contribution in [0.2, 0.25) is 0 Å². The summed E-state index contributed by atoms with van der Waals surface area (Å²) in [5.41, 5.74) is 8.20. The molecule has 2 unspecified atom stereocenters. The first-order valence-corrected chi connectivity index (χ1v) is 11.1. The Morgan fingerprint density at radius 3 is 2.52 bits per heavy atom. The summed E-state index contributed by atoms with van der Waals surface area (Å²) in [7, 11) is 0. The summed E-state index contributed by atoms with van der Waals surface area (Å²) in [6.45, 7) is 4.03. The number of rotatable bonds is 5. The Bertz CT molecular complexity index is 1190. The second kappa shape index (κ2) is 7.52. The number of nitrogens with two attached hydrogens (primary N) is 1. The minimum absolute atomic E-state index is 0.137. The van der Waals surface area contributed by atoms with Gasteiger partial charge in [0.2, 0.25) is 23.6 Å². The number of aryl methyl sites for hydroxylation is 2. The summed E-state index contributed by atoms with van der Waals surface area (Å²) in [6.07, 6.45) is 0.377. The molecule has 4 amide bonds. The number of hydrogen-bond donors (Lipinski definition) is 3. The van der Waals surface area contributed by atoms with Gasteiger partial charge in [0.1, 0.15) is 5.54 Å². The maximum atomic E-state index is 13.7. The van der Waals surface area contributed by atoms with Gasteiger partial charge in [-0.1, -0.05) is 48.0 Å². The zero-order chi connectivity index (χ0) is 23.5. The fourth-order valence-corrected chi connectivity index (χ4v) is 5.82. The van der Waals surface area contributed by atoms with Crippen LogP contribution < -0.4 is 16.4 Å². The number of amides is 4. The highest BCUT2D eigenvalue weighted by Gasteiger charge is 2.70. The number of anilines is 1. The first kappa shape index (κ1) is 21.3. The molecule has 1 spiro atoms. The van der Waals surface area contributed by atoms with E-state index in [1.54, 1.807) is 0 Å². The Hall–Kier alpha value is -3.52. The lowest BCUT2D eigenvalue weighted by molar-refractivity contribution is -0.142. The van der Waals surface area contributed by atoms with Crippen molar-refractivity contribution in [1.29, 1.82) is 0 Å². The van der Waals surface area contributed by atoms with E-state index < -0.39 is 29.3 Å². The molecule has 4 atom stereocenters. The molecule has 2 aromatic rings. The number of imide groups is 1. The summed E-state index contributed by atoms with van der Waals surface area (Å²) in [4.78, 5) is 53.7. The van der Waals surface area contributed by atoms with E-state index in [2.05, 4.69) is 10.6 Å². The van der Waals surface area contributed by atoms with Crippen LogP contribution in [0.1, 0.15) is 28.7 Å². The second-order valence-corrected chi connectivity index (χ2v) is 9.25. The summed E-state index contributed by atoms with van der Waals surface area (Å²) in [6, 6.07) is 12.7. The van der Waals surface area contributed by atoms with Gasteiger partial charge in [0, 0.05) is 30.3 Å². The maximum Gasteiger partial charge on any atom is 0.250 e. The molecule has 33 heavy (non-hydrogen) atoms. The molecular weight excluding hydrogens is 420 g/mol. The van der Waals surface area contributed by atoms with Crippen molar-refractivity contribution in [1.82, 2.24) is 10.2 Å². The van der Waals surface area contributed by atoms with Gasteiger partial charge in [-0.05, 0) is 31.4 Å². The predicted octanol–water partition coefficient (Wildman–Crippen LogP) is 1.14. The van der Waals surface area contributed by atoms with E-state index in [1.165, 1.54) is 4.90 Å². The number of carbonyl (C=O) groups excluding carboxylic acids is 4. The zero-order valence-corrected chi connectivity index (χ0v) is 18.6. The highest BCUT2D eigenvalue weighted by atomic mass is 16.2. The normalized spacial score (nSPS) is 27.8. The molecule has 0 saturated carbocycles. The van der Waals surface area contributed by atoms with E-state index in [0.29, 0.717) is 17.7 Å². The van der Waals surface area contributed by atoms with Gasteiger partial charge in [0.15, 0.2) is 0 Å². The number of primary amides is 1. The van der Waals surface area contributed by atoms with Crippen LogP contribution in [0.25, 0.3) is 0 Å². The number of nitrogens with zero attached hydrogens (tertiary/aromatic N) is 1. The van der Waals surface area contributed by atoms with Crippen LogP contribution in [0.4, 0.5) is 5.69 Å². The van der Waals surface area contributed by atoms with E-state index in [1.807, 2.05) is 56.3 Å². The van der Waals surface area contributed by atoms with Gasteiger partial charge in [-0.15, -0.1) is 0 Å². The molecule has 0 radical (unpaired) electrons. The molecule has 170 valence electrons. The van der Waals surface area contributed by atoms with Crippen LogP contribution in [-0.4, -0.2) is 41.1 Å². The van der Waals surface area contributed by atoms with Gasteiger partial charge in [0.05, 0.1) is 11.8 Å². The molecule has 8 nitrogen and oxygen atoms in total. The Morgan fingerprint density at radius 1 is 1.09 bits per heavy atom. The van der Waals surface area contributed by atoms with Gasteiger partial charge in [-0.3, -0.25) is 29.4 Å². The molecule has 2 fully saturated rings. The van der Waals surface area contributed by atoms with Crippen LogP contribution >= 0.6 is 0 Å². The van der Waals surface area contributed by atoms with Crippen molar-refractivity contribution in [2.75, 3.05) is 11.9 Å². The molecule has 0 aromatic heterocycles. The fraction of sp³-hybridized carbons (Fsp3) is 0.360. The molecule has 3 aliphatic rings. The lowest BCUT2D eigenvalue weighted by atomic mass is 9.76. The monoisotopic (exact) mass is 446 g/mol. The molecule has 5 rings (SSSR count). The Kier molecular flexibility index (Phi) is 4.86. The molecule has 2 aromatic carbocycles. The third kappa shape index (κ3) is 3.08. The fourth-order valence-electron chi connectivity index (χ4n) is 5.82. The van der Waals surface area contributed by atoms with Crippen molar-refractivity contribution in [3.05, 3.63) is 64.7 Å². The zero-order valence-electron chi connectivity index (χ0n) is 18.6. The number of benzene rings is 2. The van der Waals surface area contributed by atoms with Crippen molar-refractivity contribution < 1.29 is 19.2 Å². The molecular formula is C25H26N4O4. The lowest BCUT2D eigenvalue weighted by Crippen LogP contribution is -2.53. The average Bonchev–Trinajstić information content (AvgIpc) is 3.33. The smallest absolute Gasteiger partial charge is 0.250 e. The van der Waals surface area contributed by atoms with Crippen molar-refractivity contribution in [3.63, 3.8) is 0 Å². The Morgan fingerprint density at radius 2 is 1.82 bits per heavy atom. The molecule has 0 aliphatic carbocycles. The van der Waals surface area contributed by atoms with E-state index in [0.717, 1.165) is 16.7 Å². The first-order chi connectivity index (χ1) is 15.7. The number of nitrogens with one attached hydrogen (secondary N) is 2. The second-order valence-electron chi connectivity index (χ2n) is 9.25. The number of likely N-dealkylation sites (tertiary alicyclic amines) is 1. The van der Waals surface area contributed by atoms with Crippen molar-refractivity contribution in [3.8, 4) is 0 Å². The summed E-state index contributed by atoms with van der Waals surface area (Å²) in [5, 5.41) is 6.15. The molecule has 0 bridgehead atoms. The van der Waals surface area contributed by atoms with E-state index in [-0.39, 0.29) is 30.7 Å². The molecule has 2 saturated heterocycles. The van der Waals surface area contributed by atoms with E-state index in [9.17, 15) is 19.2 Å². The van der Waals surface area contributed by atoms with Crippen LogP contribution in [-0.2, 0) is 31.1 Å². The van der Waals surface area contributed by atoms with Crippen LogP contribution in [0.5, 0.6) is 0 Å². The maximum absolute atomic E-state index is 13.7. The minimum atomic E-state index is -1.41. The molecule has 3 heterocycles. The highest BCUT2D eigenvalue weighted by Crippen LogP contribution is 2.54. The number of fused-ring (bicyclic) bond motifs is 4. The SMILES string of the molecule is Cc1cc(C)c2c(c1)C1(NC(CC(N)=O)[C@H]3C(=O)N(CCc4ccccc4)C(=O)[C@H]31)C(=O)N2. The van der Waals surface area contributed by atoms with Crippen molar-refractivity contribution in [2.45, 2.75) is 38.3 Å². The predicted molar refractivity (Wildman–Crippen MR) is 121 cm³/mol. The summed E-state index contributed by atoms with van der Waals surface area (Å²) in [5.74, 6) is -3.49. The average molecular weight is 447 g/mol. The minimum Gasteiger partial charge on any atom is -0.370 e. The van der Waals surface area contributed by atoms with E-state index in [4.69, 9.17) is 5.73 Å². The third-order valence-corrected chi connectivity index (χ3v) is 7.14.